The fourth-order valence-electron chi connectivity index (χ4n) is 3.81. The standard InChI is InChI=1S/C19H17ClFNO/c1-23-16-10-9-15(20)17-13-3-2-4-14(13)18(22-19(16)17)11-5-7-12(21)8-6-11/h2-3,5-10,13-14,18,22H,4H2,1H3/t13-,14+,18+/m1/s1. The Morgan fingerprint density at radius 1 is 1.17 bits per heavy atom. The van der Waals surface area contributed by atoms with Gasteiger partial charge in [0.15, 0.2) is 0 Å². The Labute approximate surface area is 139 Å². The van der Waals surface area contributed by atoms with Crippen LogP contribution in [0.1, 0.15) is 29.5 Å². The molecule has 0 fully saturated rings. The predicted molar refractivity (Wildman–Crippen MR) is 90.8 cm³/mol. The van der Waals surface area contributed by atoms with E-state index in [9.17, 15) is 4.39 Å². The molecule has 2 aliphatic rings. The van der Waals surface area contributed by atoms with Gasteiger partial charge in [0.1, 0.15) is 11.6 Å². The van der Waals surface area contributed by atoms with Gasteiger partial charge in [-0.05, 0) is 42.2 Å². The van der Waals surface area contributed by atoms with Gasteiger partial charge in [-0.15, -0.1) is 0 Å². The molecule has 3 atom stereocenters. The van der Waals surface area contributed by atoms with Crippen molar-refractivity contribution in [2.24, 2.45) is 5.92 Å². The van der Waals surface area contributed by atoms with Crippen LogP contribution in [0.2, 0.25) is 5.02 Å². The first-order chi connectivity index (χ1) is 11.2. The van der Waals surface area contributed by atoms with Crippen LogP contribution in [0.5, 0.6) is 5.75 Å². The lowest BCUT2D eigenvalue weighted by Crippen LogP contribution is -2.29. The van der Waals surface area contributed by atoms with Crippen molar-refractivity contribution in [2.75, 3.05) is 12.4 Å². The molecule has 0 unspecified atom stereocenters. The number of hydrogen-bond donors (Lipinski definition) is 1. The summed E-state index contributed by atoms with van der Waals surface area (Å²) in [7, 11) is 1.66. The lowest BCUT2D eigenvalue weighted by atomic mass is 9.77. The van der Waals surface area contributed by atoms with Crippen molar-refractivity contribution >= 4 is 17.3 Å². The minimum atomic E-state index is -0.216. The molecule has 0 saturated heterocycles. The van der Waals surface area contributed by atoms with Crippen LogP contribution < -0.4 is 10.1 Å². The largest absolute Gasteiger partial charge is 0.495 e. The maximum atomic E-state index is 13.3. The van der Waals surface area contributed by atoms with Crippen molar-refractivity contribution in [2.45, 2.75) is 18.4 Å². The zero-order chi connectivity index (χ0) is 16.0. The van der Waals surface area contributed by atoms with Gasteiger partial charge < -0.3 is 10.1 Å². The molecule has 1 heterocycles. The van der Waals surface area contributed by atoms with Crippen molar-refractivity contribution < 1.29 is 9.13 Å². The molecule has 0 aromatic heterocycles. The Kier molecular flexibility index (Phi) is 3.53. The van der Waals surface area contributed by atoms with Crippen molar-refractivity contribution in [3.8, 4) is 5.75 Å². The Bertz CT molecular complexity index is 772. The highest BCUT2D eigenvalue weighted by atomic mass is 35.5. The van der Waals surface area contributed by atoms with E-state index in [0.29, 0.717) is 5.92 Å². The topological polar surface area (TPSA) is 21.3 Å². The third kappa shape index (κ3) is 2.31. The molecule has 4 heteroatoms. The molecule has 2 aromatic carbocycles. The quantitative estimate of drug-likeness (QED) is 0.753. The molecule has 118 valence electrons. The smallest absolute Gasteiger partial charge is 0.142 e. The van der Waals surface area contributed by atoms with Gasteiger partial charge in [-0.2, -0.15) is 0 Å². The second kappa shape index (κ2) is 5.57. The molecular formula is C19H17ClFNO. The van der Waals surface area contributed by atoms with E-state index < -0.39 is 0 Å². The SMILES string of the molecule is COc1ccc(Cl)c2c1N[C@@H](c1ccc(F)cc1)[C@H]1CC=C[C@@H]21. The maximum Gasteiger partial charge on any atom is 0.142 e. The second-order valence-electron chi connectivity index (χ2n) is 6.07. The van der Waals surface area contributed by atoms with E-state index in [4.69, 9.17) is 16.3 Å². The van der Waals surface area contributed by atoms with Crippen LogP contribution in [0.4, 0.5) is 10.1 Å². The first-order valence-corrected chi connectivity index (χ1v) is 8.12. The van der Waals surface area contributed by atoms with E-state index in [1.807, 2.05) is 24.3 Å². The van der Waals surface area contributed by atoms with Gasteiger partial charge in [0.2, 0.25) is 0 Å². The van der Waals surface area contributed by atoms with Gasteiger partial charge in [0.25, 0.3) is 0 Å². The lowest BCUT2D eigenvalue weighted by Gasteiger charge is -2.38. The molecule has 1 N–H and O–H groups in total. The number of rotatable bonds is 2. The van der Waals surface area contributed by atoms with Crippen LogP contribution >= 0.6 is 11.6 Å². The third-order valence-electron chi connectivity index (χ3n) is 4.88. The monoisotopic (exact) mass is 329 g/mol. The van der Waals surface area contributed by atoms with Gasteiger partial charge in [-0.25, -0.2) is 4.39 Å². The van der Waals surface area contributed by atoms with Crippen molar-refractivity contribution in [3.63, 3.8) is 0 Å². The van der Waals surface area contributed by atoms with Crippen molar-refractivity contribution in [1.29, 1.82) is 0 Å². The van der Waals surface area contributed by atoms with E-state index in [-0.39, 0.29) is 17.8 Å². The number of benzene rings is 2. The fourth-order valence-corrected chi connectivity index (χ4v) is 4.09. The number of anilines is 1. The third-order valence-corrected chi connectivity index (χ3v) is 5.21. The maximum absolute atomic E-state index is 13.3. The zero-order valence-corrected chi connectivity index (χ0v) is 13.5. The molecule has 0 bridgehead atoms. The molecule has 4 rings (SSSR count). The summed E-state index contributed by atoms with van der Waals surface area (Å²) in [5.74, 6) is 1.20. The summed E-state index contributed by atoms with van der Waals surface area (Å²) >= 11 is 6.47. The first-order valence-electron chi connectivity index (χ1n) is 7.74. The Morgan fingerprint density at radius 2 is 1.96 bits per heavy atom. The van der Waals surface area contributed by atoms with E-state index in [2.05, 4.69) is 17.5 Å². The van der Waals surface area contributed by atoms with Gasteiger partial charge >= 0.3 is 0 Å². The average Bonchev–Trinajstić information content (AvgIpc) is 3.04. The van der Waals surface area contributed by atoms with Gasteiger partial charge in [0.05, 0.1) is 18.8 Å². The molecule has 0 spiro atoms. The van der Waals surface area contributed by atoms with Crippen LogP contribution in [0.15, 0.2) is 48.6 Å². The highest BCUT2D eigenvalue weighted by Gasteiger charge is 2.40. The minimum absolute atomic E-state index is 0.107. The second-order valence-corrected chi connectivity index (χ2v) is 6.47. The van der Waals surface area contributed by atoms with Crippen molar-refractivity contribution in [1.82, 2.24) is 0 Å². The summed E-state index contributed by atoms with van der Waals surface area (Å²) in [6.07, 6.45) is 5.41. The molecule has 0 amide bonds. The Balaban J connectivity index is 1.84. The van der Waals surface area contributed by atoms with E-state index >= 15 is 0 Å². The molecule has 23 heavy (non-hydrogen) atoms. The van der Waals surface area contributed by atoms with Gasteiger partial charge in [-0.3, -0.25) is 0 Å². The van der Waals surface area contributed by atoms with Crippen LogP contribution in [0.3, 0.4) is 0 Å². The average molecular weight is 330 g/mol. The molecular weight excluding hydrogens is 313 g/mol. The van der Waals surface area contributed by atoms with E-state index in [1.165, 1.54) is 12.1 Å². The summed E-state index contributed by atoms with van der Waals surface area (Å²) in [4.78, 5) is 0. The van der Waals surface area contributed by atoms with E-state index in [1.54, 1.807) is 7.11 Å². The zero-order valence-electron chi connectivity index (χ0n) is 12.7. The Morgan fingerprint density at radius 3 is 2.70 bits per heavy atom. The van der Waals surface area contributed by atoms with Gasteiger partial charge in [0, 0.05) is 16.5 Å². The number of allylic oxidation sites excluding steroid dienone is 2. The number of hydrogen-bond acceptors (Lipinski definition) is 2. The van der Waals surface area contributed by atoms with Crippen LogP contribution in [0.25, 0.3) is 0 Å². The van der Waals surface area contributed by atoms with E-state index in [0.717, 1.165) is 34.0 Å². The van der Waals surface area contributed by atoms with Crippen LogP contribution in [-0.4, -0.2) is 7.11 Å². The number of halogens is 2. The molecule has 0 radical (unpaired) electrons. The molecule has 2 nitrogen and oxygen atoms in total. The van der Waals surface area contributed by atoms with Crippen molar-refractivity contribution in [3.05, 3.63) is 70.5 Å². The molecule has 1 aliphatic heterocycles. The minimum Gasteiger partial charge on any atom is -0.495 e. The summed E-state index contributed by atoms with van der Waals surface area (Å²) in [6.45, 7) is 0. The lowest BCUT2D eigenvalue weighted by molar-refractivity contribution is 0.397. The Hall–Kier alpha value is -2.00. The normalized spacial score (nSPS) is 24.7. The molecule has 0 saturated carbocycles. The number of fused-ring (bicyclic) bond motifs is 3. The summed E-state index contributed by atoms with van der Waals surface area (Å²) in [5, 5.41) is 4.35. The summed E-state index contributed by atoms with van der Waals surface area (Å²) in [6, 6.07) is 10.6. The number of methoxy groups -OCH3 is 1. The summed E-state index contributed by atoms with van der Waals surface area (Å²) in [5.41, 5.74) is 3.13. The molecule has 1 aliphatic carbocycles. The van der Waals surface area contributed by atoms with Crippen LogP contribution in [0, 0.1) is 11.7 Å². The highest BCUT2D eigenvalue weighted by Crippen LogP contribution is 2.54. The molecule has 2 aromatic rings. The van der Waals surface area contributed by atoms with Crippen LogP contribution in [-0.2, 0) is 0 Å². The first kappa shape index (κ1) is 14.6. The van der Waals surface area contributed by atoms with Gasteiger partial charge in [-0.1, -0.05) is 35.9 Å². The fraction of sp³-hybridized carbons (Fsp3) is 0.263. The summed E-state index contributed by atoms with van der Waals surface area (Å²) < 4.78 is 18.8. The number of ether oxygens (including phenoxy) is 1. The number of nitrogens with one attached hydrogen (secondary N) is 1. The highest BCUT2D eigenvalue weighted by molar-refractivity contribution is 6.32. The predicted octanol–water partition coefficient (Wildman–Crippen LogP) is 5.31.